The molecule has 0 aliphatic heterocycles. The molecule has 1 aliphatic rings. The summed E-state index contributed by atoms with van der Waals surface area (Å²) < 4.78 is 0. The Labute approximate surface area is 80.3 Å². The molecule has 4 unspecified atom stereocenters. The lowest BCUT2D eigenvalue weighted by Crippen LogP contribution is -2.48. The fourth-order valence-electron chi connectivity index (χ4n) is 2.14. The van der Waals surface area contributed by atoms with E-state index in [1.807, 2.05) is 13.0 Å². The van der Waals surface area contributed by atoms with E-state index in [2.05, 4.69) is 13.8 Å². The maximum atomic E-state index is 10.0. The van der Waals surface area contributed by atoms with Gasteiger partial charge in [-0.2, -0.15) is 0 Å². The average molecular weight is 184 g/mol. The van der Waals surface area contributed by atoms with Gasteiger partial charge in [0.15, 0.2) is 0 Å². The quantitative estimate of drug-likeness (QED) is 0.641. The van der Waals surface area contributed by atoms with Gasteiger partial charge in [-0.3, -0.25) is 0 Å². The molecule has 2 nitrogen and oxygen atoms in total. The first-order valence-electron chi connectivity index (χ1n) is 5.15. The Morgan fingerprint density at radius 3 is 2.46 bits per heavy atom. The monoisotopic (exact) mass is 184 g/mol. The van der Waals surface area contributed by atoms with Crippen molar-refractivity contribution in [3.63, 3.8) is 0 Å². The molecule has 1 rings (SSSR count). The first kappa shape index (κ1) is 10.7. The van der Waals surface area contributed by atoms with Crippen molar-refractivity contribution >= 4 is 0 Å². The molecule has 0 bridgehead atoms. The van der Waals surface area contributed by atoms with Crippen LogP contribution < -0.4 is 0 Å². The molecule has 0 spiro atoms. The van der Waals surface area contributed by atoms with Crippen molar-refractivity contribution in [2.75, 3.05) is 0 Å². The molecule has 0 heterocycles. The molecular formula is C11H20O2. The van der Waals surface area contributed by atoms with E-state index in [4.69, 9.17) is 0 Å². The van der Waals surface area contributed by atoms with Crippen LogP contribution in [0.3, 0.4) is 0 Å². The number of aliphatic hydroxyl groups is 2. The van der Waals surface area contributed by atoms with Crippen molar-refractivity contribution in [2.45, 2.75) is 45.3 Å². The molecular weight excluding hydrogens is 164 g/mol. The van der Waals surface area contributed by atoms with Crippen LogP contribution in [0, 0.1) is 11.8 Å². The van der Waals surface area contributed by atoms with Gasteiger partial charge >= 0.3 is 0 Å². The Morgan fingerprint density at radius 1 is 1.38 bits per heavy atom. The molecule has 0 amide bonds. The van der Waals surface area contributed by atoms with Crippen molar-refractivity contribution in [3.8, 4) is 0 Å². The maximum Gasteiger partial charge on any atom is 0.109 e. The van der Waals surface area contributed by atoms with E-state index in [1.54, 1.807) is 6.08 Å². The number of aliphatic hydroxyl groups excluding tert-OH is 1. The van der Waals surface area contributed by atoms with Crippen LogP contribution >= 0.6 is 0 Å². The van der Waals surface area contributed by atoms with Crippen LogP contribution in [0.4, 0.5) is 0 Å². The molecule has 0 aromatic carbocycles. The maximum absolute atomic E-state index is 10.0. The first-order valence-corrected chi connectivity index (χ1v) is 5.15. The highest BCUT2D eigenvalue weighted by atomic mass is 16.3. The van der Waals surface area contributed by atoms with Crippen molar-refractivity contribution in [1.29, 1.82) is 0 Å². The van der Waals surface area contributed by atoms with Gasteiger partial charge in [0.25, 0.3) is 0 Å². The normalized spacial score (nSPS) is 45.2. The lowest BCUT2D eigenvalue weighted by molar-refractivity contribution is -0.0866. The van der Waals surface area contributed by atoms with Crippen molar-refractivity contribution in [1.82, 2.24) is 0 Å². The summed E-state index contributed by atoms with van der Waals surface area (Å²) >= 11 is 0. The molecule has 13 heavy (non-hydrogen) atoms. The zero-order valence-corrected chi connectivity index (χ0v) is 8.70. The number of rotatable bonds is 2. The highest BCUT2D eigenvalue weighted by Gasteiger charge is 2.40. The minimum Gasteiger partial charge on any atom is -0.389 e. The summed E-state index contributed by atoms with van der Waals surface area (Å²) in [4.78, 5) is 0. The highest BCUT2D eigenvalue weighted by molar-refractivity contribution is 5.13. The molecule has 4 atom stereocenters. The third-order valence-corrected chi connectivity index (χ3v) is 3.32. The van der Waals surface area contributed by atoms with Crippen LogP contribution in [0.2, 0.25) is 0 Å². The molecule has 0 aromatic rings. The lowest BCUT2D eigenvalue weighted by atomic mass is 9.73. The van der Waals surface area contributed by atoms with Crippen LogP contribution in [0.15, 0.2) is 12.2 Å². The van der Waals surface area contributed by atoms with Gasteiger partial charge in [0.2, 0.25) is 0 Å². The second kappa shape index (κ2) is 3.81. The Kier molecular flexibility index (Phi) is 3.14. The van der Waals surface area contributed by atoms with Crippen LogP contribution in [0.5, 0.6) is 0 Å². The topological polar surface area (TPSA) is 40.5 Å². The molecule has 0 fully saturated rings. The first-order chi connectivity index (χ1) is 6.05. The van der Waals surface area contributed by atoms with Gasteiger partial charge in [-0.15, -0.1) is 0 Å². The Hall–Kier alpha value is -0.340. The van der Waals surface area contributed by atoms with Crippen LogP contribution in [-0.2, 0) is 0 Å². The van der Waals surface area contributed by atoms with E-state index < -0.39 is 11.7 Å². The number of hydrogen-bond donors (Lipinski definition) is 2. The second-order valence-corrected chi connectivity index (χ2v) is 4.08. The van der Waals surface area contributed by atoms with E-state index in [0.29, 0.717) is 12.3 Å². The van der Waals surface area contributed by atoms with Crippen molar-refractivity contribution in [2.24, 2.45) is 11.8 Å². The molecule has 0 radical (unpaired) electrons. The summed E-state index contributed by atoms with van der Waals surface area (Å²) in [6.07, 6.45) is 4.66. The fourth-order valence-corrected chi connectivity index (χ4v) is 2.14. The van der Waals surface area contributed by atoms with E-state index in [-0.39, 0.29) is 5.92 Å². The number of allylic oxidation sites excluding steroid dienone is 1. The molecule has 1 aliphatic carbocycles. The Balaban J connectivity index is 2.89. The van der Waals surface area contributed by atoms with Gasteiger partial charge < -0.3 is 10.2 Å². The highest BCUT2D eigenvalue weighted by Crippen LogP contribution is 2.35. The third-order valence-electron chi connectivity index (χ3n) is 3.32. The summed E-state index contributed by atoms with van der Waals surface area (Å²) in [6.45, 7) is 6.04. The predicted molar refractivity (Wildman–Crippen MR) is 53.3 cm³/mol. The van der Waals surface area contributed by atoms with Gasteiger partial charge in [-0.1, -0.05) is 39.3 Å². The second-order valence-electron chi connectivity index (χ2n) is 4.08. The Bertz CT molecular complexity index is 200. The zero-order valence-electron chi connectivity index (χ0n) is 8.70. The van der Waals surface area contributed by atoms with E-state index >= 15 is 0 Å². The average Bonchev–Trinajstić information content (AvgIpc) is 2.13. The largest absolute Gasteiger partial charge is 0.389 e. The van der Waals surface area contributed by atoms with Gasteiger partial charge in [0.1, 0.15) is 5.60 Å². The number of hydrogen-bond acceptors (Lipinski definition) is 2. The van der Waals surface area contributed by atoms with E-state index in [1.165, 1.54) is 0 Å². The standard InChI is InChI=1S/C11H20O2/c1-4-9-8(3)6-7-11(13,5-2)10(9)12/h6-10,12-13H,4-5H2,1-3H3. The summed E-state index contributed by atoms with van der Waals surface area (Å²) in [5.74, 6) is 0.557. The summed E-state index contributed by atoms with van der Waals surface area (Å²) in [5, 5.41) is 20.0. The smallest absolute Gasteiger partial charge is 0.109 e. The van der Waals surface area contributed by atoms with Crippen LogP contribution in [0.25, 0.3) is 0 Å². The molecule has 0 saturated heterocycles. The van der Waals surface area contributed by atoms with Crippen LogP contribution in [-0.4, -0.2) is 21.9 Å². The van der Waals surface area contributed by atoms with Gasteiger partial charge in [-0.05, 0) is 18.3 Å². The minimum atomic E-state index is -0.993. The Morgan fingerprint density at radius 2 is 2.00 bits per heavy atom. The van der Waals surface area contributed by atoms with Gasteiger partial charge in [-0.25, -0.2) is 0 Å². The summed E-state index contributed by atoms with van der Waals surface area (Å²) in [6, 6.07) is 0. The molecule has 0 aromatic heterocycles. The van der Waals surface area contributed by atoms with Crippen molar-refractivity contribution < 1.29 is 10.2 Å². The summed E-state index contributed by atoms with van der Waals surface area (Å²) in [7, 11) is 0. The third kappa shape index (κ3) is 1.79. The SMILES string of the molecule is CCC1C(C)C=CC(O)(CC)C1O. The van der Waals surface area contributed by atoms with Crippen molar-refractivity contribution in [3.05, 3.63) is 12.2 Å². The van der Waals surface area contributed by atoms with Gasteiger partial charge in [0, 0.05) is 0 Å². The lowest BCUT2D eigenvalue weighted by Gasteiger charge is -2.40. The van der Waals surface area contributed by atoms with E-state index in [9.17, 15) is 10.2 Å². The molecule has 2 N–H and O–H groups in total. The fraction of sp³-hybridized carbons (Fsp3) is 0.818. The molecule has 0 saturated carbocycles. The zero-order chi connectivity index (χ0) is 10.1. The predicted octanol–water partition coefficient (Wildman–Crippen LogP) is 1.72. The molecule has 2 heteroatoms. The van der Waals surface area contributed by atoms with Gasteiger partial charge in [0.05, 0.1) is 6.10 Å². The van der Waals surface area contributed by atoms with E-state index in [0.717, 1.165) is 6.42 Å². The summed E-state index contributed by atoms with van der Waals surface area (Å²) in [5.41, 5.74) is -0.993. The molecule has 76 valence electrons. The minimum absolute atomic E-state index is 0.190. The van der Waals surface area contributed by atoms with Crippen LogP contribution in [0.1, 0.15) is 33.6 Å².